The van der Waals surface area contributed by atoms with E-state index in [1.54, 1.807) is 15.8 Å². The molecule has 5 rings (SSSR count). The van der Waals surface area contributed by atoms with Gasteiger partial charge in [-0.2, -0.15) is 5.10 Å². The fraction of sp³-hybridized carbons (Fsp3) is 0.429. The topological polar surface area (TPSA) is 80.1 Å². The van der Waals surface area contributed by atoms with Crippen LogP contribution in [-0.2, 0) is 24.3 Å². The fourth-order valence-corrected chi connectivity index (χ4v) is 5.18. The molecule has 2 amide bonds. The number of carbonyl (C=O) groups is 2. The summed E-state index contributed by atoms with van der Waals surface area (Å²) in [5.41, 5.74) is 3.13. The highest BCUT2D eigenvalue weighted by molar-refractivity contribution is 6.00. The Morgan fingerprint density at radius 1 is 1.11 bits per heavy atom. The number of aryl methyl sites for hydroxylation is 1. The van der Waals surface area contributed by atoms with Crippen LogP contribution >= 0.6 is 0 Å². The van der Waals surface area contributed by atoms with Gasteiger partial charge in [-0.05, 0) is 49.9 Å². The lowest BCUT2D eigenvalue weighted by molar-refractivity contribution is -0.134. The Bertz CT molecular complexity index is 1200. The molecular weight excluding hydrogens is 438 g/mol. The van der Waals surface area contributed by atoms with Gasteiger partial charge in [0.15, 0.2) is 0 Å². The van der Waals surface area contributed by atoms with Gasteiger partial charge in [0.05, 0.1) is 24.5 Å². The smallest absolute Gasteiger partial charge is 0.273 e. The second-order valence-corrected chi connectivity index (χ2v) is 9.92. The van der Waals surface area contributed by atoms with Gasteiger partial charge < -0.3 is 10.2 Å². The molecule has 1 aromatic carbocycles. The summed E-state index contributed by atoms with van der Waals surface area (Å²) in [6.45, 7) is 4.54. The summed E-state index contributed by atoms with van der Waals surface area (Å²) in [5, 5.41) is 8.02. The van der Waals surface area contributed by atoms with E-state index in [0.717, 1.165) is 49.1 Å². The van der Waals surface area contributed by atoms with Gasteiger partial charge in [-0.15, -0.1) is 0 Å². The van der Waals surface area contributed by atoms with E-state index in [9.17, 15) is 9.59 Å². The molecule has 182 valence electrons. The molecule has 2 aromatic heterocycles. The standard InChI is InChI=1S/C28H33N5O2/c1-3-20-12-14-21(15-13-20)24-17-25-26(34)32(18-23-11-7-8-16-29-23)28(2,19-33(25)31-24)27(35)30-22-9-5-4-6-10-22/h7-8,11-17,22H,3-6,9-10,18-19H2,1-2H3,(H,30,35)/t28-/m1/s1. The summed E-state index contributed by atoms with van der Waals surface area (Å²) in [6, 6.07) is 15.9. The molecule has 0 saturated heterocycles. The first-order valence-corrected chi connectivity index (χ1v) is 12.7. The number of nitrogens with one attached hydrogen (secondary N) is 1. The van der Waals surface area contributed by atoms with E-state index in [0.29, 0.717) is 12.2 Å². The zero-order chi connectivity index (χ0) is 24.4. The monoisotopic (exact) mass is 471 g/mol. The average Bonchev–Trinajstić information content (AvgIpc) is 3.31. The van der Waals surface area contributed by atoms with E-state index in [1.165, 1.54) is 12.0 Å². The largest absolute Gasteiger partial charge is 0.351 e. The minimum atomic E-state index is -1.07. The second kappa shape index (κ2) is 9.64. The number of rotatable bonds is 6. The number of hydrogen-bond donors (Lipinski definition) is 1. The Balaban J connectivity index is 1.49. The number of aromatic nitrogens is 3. The molecule has 1 aliphatic carbocycles. The second-order valence-electron chi connectivity index (χ2n) is 9.92. The SMILES string of the molecule is CCc1ccc(-c2cc3n(n2)C[C@](C)(C(=O)NC2CCCCC2)N(Cc2ccccn2)C3=O)cc1. The van der Waals surface area contributed by atoms with Gasteiger partial charge in [-0.3, -0.25) is 19.3 Å². The number of pyridine rings is 1. The van der Waals surface area contributed by atoms with Crippen LogP contribution in [0.15, 0.2) is 54.7 Å². The van der Waals surface area contributed by atoms with Crippen LogP contribution in [-0.4, -0.2) is 43.1 Å². The molecule has 1 fully saturated rings. The van der Waals surface area contributed by atoms with Crippen molar-refractivity contribution >= 4 is 11.8 Å². The number of carbonyl (C=O) groups excluding carboxylic acids is 2. The minimum absolute atomic E-state index is 0.122. The molecule has 3 heterocycles. The maximum absolute atomic E-state index is 13.8. The van der Waals surface area contributed by atoms with Crippen LogP contribution in [0.4, 0.5) is 0 Å². The van der Waals surface area contributed by atoms with Crippen molar-refractivity contribution in [3.8, 4) is 11.3 Å². The third-order valence-corrected chi connectivity index (χ3v) is 7.43. The normalized spacial score (nSPS) is 20.5. The Labute approximate surface area is 206 Å². The van der Waals surface area contributed by atoms with Crippen molar-refractivity contribution < 1.29 is 9.59 Å². The van der Waals surface area contributed by atoms with Gasteiger partial charge in [0.25, 0.3) is 5.91 Å². The highest BCUT2D eigenvalue weighted by Crippen LogP contribution is 2.32. The van der Waals surface area contributed by atoms with E-state index in [2.05, 4.69) is 29.4 Å². The first-order chi connectivity index (χ1) is 17.0. The predicted octanol–water partition coefficient (Wildman–Crippen LogP) is 4.37. The van der Waals surface area contributed by atoms with Crippen molar-refractivity contribution in [1.29, 1.82) is 0 Å². The van der Waals surface area contributed by atoms with Gasteiger partial charge in [-0.25, -0.2) is 0 Å². The molecule has 0 unspecified atom stereocenters. The molecule has 1 saturated carbocycles. The van der Waals surface area contributed by atoms with Crippen molar-refractivity contribution in [3.05, 3.63) is 71.7 Å². The first-order valence-electron chi connectivity index (χ1n) is 12.7. The molecule has 0 radical (unpaired) electrons. The van der Waals surface area contributed by atoms with E-state index in [-0.39, 0.29) is 24.4 Å². The van der Waals surface area contributed by atoms with Crippen molar-refractivity contribution in [3.63, 3.8) is 0 Å². The summed E-state index contributed by atoms with van der Waals surface area (Å²) in [7, 11) is 0. The van der Waals surface area contributed by atoms with Crippen molar-refractivity contribution in [2.45, 2.75) is 77.0 Å². The summed E-state index contributed by atoms with van der Waals surface area (Å²) in [6.07, 6.45) is 8.12. The van der Waals surface area contributed by atoms with Gasteiger partial charge in [0, 0.05) is 17.8 Å². The van der Waals surface area contributed by atoms with Gasteiger partial charge >= 0.3 is 0 Å². The Morgan fingerprint density at radius 2 is 1.89 bits per heavy atom. The molecule has 2 aliphatic rings. The van der Waals surface area contributed by atoms with Crippen LogP contribution in [0.25, 0.3) is 11.3 Å². The molecule has 0 bridgehead atoms. The molecular formula is C28H33N5O2. The van der Waals surface area contributed by atoms with Gasteiger partial charge in [0.2, 0.25) is 5.91 Å². The third kappa shape index (κ3) is 4.59. The first kappa shape index (κ1) is 23.3. The Morgan fingerprint density at radius 3 is 2.57 bits per heavy atom. The van der Waals surface area contributed by atoms with Crippen LogP contribution in [0.5, 0.6) is 0 Å². The minimum Gasteiger partial charge on any atom is -0.351 e. The lowest BCUT2D eigenvalue weighted by Crippen LogP contribution is -2.64. The van der Waals surface area contributed by atoms with Crippen LogP contribution in [0.3, 0.4) is 0 Å². The summed E-state index contributed by atoms with van der Waals surface area (Å²) in [5.74, 6) is -0.323. The zero-order valence-corrected chi connectivity index (χ0v) is 20.5. The molecule has 7 nitrogen and oxygen atoms in total. The number of benzene rings is 1. The van der Waals surface area contributed by atoms with E-state index in [4.69, 9.17) is 5.10 Å². The van der Waals surface area contributed by atoms with E-state index >= 15 is 0 Å². The molecule has 1 N–H and O–H groups in total. The summed E-state index contributed by atoms with van der Waals surface area (Å²) < 4.78 is 1.71. The van der Waals surface area contributed by atoms with Crippen LogP contribution in [0.1, 0.15) is 67.7 Å². The molecule has 1 aliphatic heterocycles. The van der Waals surface area contributed by atoms with E-state index in [1.807, 2.05) is 43.3 Å². The van der Waals surface area contributed by atoms with E-state index < -0.39 is 5.54 Å². The maximum atomic E-state index is 13.8. The number of amides is 2. The number of fused-ring (bicyclic) bond motifs is 1. The average molecular weight is 472 g/mol. The molecule has 35 heavy (non-hydrogen) atoms. The van der Waals surface area contributed by atoms with Gasteiger partial charge in [-0.1, -0.05) is 56.5 Å². The Hall–Kier alpha value is -3.48. The van der Waals surface area contributed by atoms with Crippen molar-refractivity contribution in [2.24, 2.45) is 0 Å². The summed E-state index contributed by atoms with van der Waals surface area (Å²) in [4.78, 5) is 33.7. The zero-order valence-electron chi connectivity index (χ0n) is 20.5. The maximum Gasteiger partial charge on any atom is 0.273 e. The predicted molar refractivity (Wildman–Crippen MR) is 135 cm³/mol. The highest BCUT2D eigenvalue weighted by Gasteiger charge is 2.48. The molecule has 1 atom stereocenters. The Kier molecular flexibility index (Phi) is 6.41. The van der Waals surface area contributed by atoms with Crippen LogP contribution in [0, 0.1) is 0 Å². The summed E-state index contributed by atoms with van der Waals surface area (Å²) >= 11 is 0. The highest BCUT2D eigenvalue weighted by atomic mass is 16.2. The third-order valence-electron chi connectivity index (χ3n) is 7.43. The van der Waals surface area contributed by atoms with Crippen molar-refractivity contribution in [1.82, 2.24) is 25.0 Å². The van der Waals surface area contributed by atoms with Gasteiger partial charge in [0.1, 0.15) is 11.2 Å². The number of hydrogen-bond acceptors (Lipinski definition) is 4. The molecule has 3 aromatic rings. The molecule has 7 heteroatoms. The lowest BCUT2D eigenvalue weighted by atomic mass is 9.91. The van der Waals surface area contributed by atoms with Crippen LogP contribution in [0.2, 0.25) is 0 Å². The van der Waals surface area contributed by atoms with Crippen LogP contribution < -0.4 is 5.32 Å². The van der Waals surface area contributed by atoms with Crippen molar-refractivity contribution in [2.75, 3.05) is 0 Å². The number of nitrogens with zero attached hydrogens (tertiary/aromatic N) is 4. The quantitative estimate of drug-likeness (QED) is 0.579. The molecule has 0 spiro atoms. The lowest BCUT2D eigenvalue weighted by Gasteiger charge is -2.43. The fourth-order valence-electron chi connectivity index (χ4n) is 5.18.